The number of benzene rings is 1. The Kier molecular flexibility index (Phi) is 4.97. The predicted octanol–water partition coefficient (Wildman–Crippen LogP) is 2.64. The van der Waals surface area contributed by atoms with Crippen LogP contribution < -0.4 is 5.32 Å². The van der Waals surface area contributed by atoms with E-state index in [2.05, 4.69) is 30.4 Å². The third-order valence-electron chi connectivity index (χ3n) is 3.80. The number of carbonyl (C=O) groups is 1. The van der Waals surface area contributed by atoms with Crippen molar-refractivity contribution in [3.8, 4) is 0 Å². The quantitative estimate of drug-likeness (QED) is 0.847. The molecule has 0 radical (unpaired) electrons. The molecule has 3 nitrogen and oxygen atoms in total. The van der Waals surface area contributed by atoms with E-state index in [9.17, 15) is 4.79 Å². The van der Waals surface area contributed by atoms with Crippen molar-refractivity contribution in [3.05, 3.63) is 35.4 Å². The Morgan fingerprint density at radius 2 is 2.16 bits per heavy atom. The number of ether oxygens (including phenoxy) is 1. The minimum absolute atomic E-state index is 0.0694. The highest BCUT2D eigenvalue weighted by molar-refractivity contribution is 5.78. The Labute approximate surface area is 115 Å². The smallest absolute Gasteiger partial charge is 0.313 e. The van der Waals surface area contributed by atoms with Gasteiger partial charge in [-0.05, 0) is 51.3 Å². The average molecular weight is 261 g/mol. The number of nitrogens with one attached hydrogen (secondary N) is 1. The Bertz CT molecular complexity index is 425. The lowest BCUT2D eigenvalue weighted by molar-refractivity contribution is -0.146. The van der Waals surface area contributed by atoms with Gasteiger partial charge in [-0.2, -0.15) is 0 Å². The molecule has 104 valence electrons. The molecular weight excluding hydrogens is 238 g/mol. The molecule has 3 heteroatoms. The zero-order valence-corrected chi connectivity index (χ0v) is 11.8. The van der Waals surface area contributed by atoms with Crippen molar-refractivity contribution in [2.45, 2.75) is 32.6 Å². The van der Waals surface area contributed by atoms with Gasteiger partial charge >= 0.3 is 5.97 Å². The van der Waals surface area contributed by atoms with Gasteiger partial charge in [0, 0.05) is 0 Å². The third-order valence-corrected chi connectivity index (χ3v) is 3.80. The summed E-state index contributed by atoms with van der Waals surface area (Å²) in [6, 6.07) is 8.26. The van der Waals surface area contributed by atoms with E-state index in [0.29, 0.717) is 12.5 Å². The second-order valence-electron chi connectivity index (χ2n) is 5.23. The lowest BCUT2D eigenvalue weighted by Gasteiger charge is -2.29. The first-order chi connectivity index (χ1) is 9.22. The standard InChI is InChI=1S/C16H23NO2/c1-3-19-16(18)15(13-7-9-17-10-8-13)14-6-4-5-12(2)11-14/h4-6,11,13,15,17H,3,7-10H2,1-2H3. The second-order valence-corrected chi connectivity index (χ2v) is 5.23. The van der Waals surface area contributed by atoms with Gasteiger partial charge in [0.1, 0.15) is 0 Å². The summed E-state index contributed by atoms with van der Waals surface area (Å²) in [7, 11) is 0. The van der Waals surface area contributed by atoms with E-state index in [1.54, 1.807) is 0 Å². The Balaban J connectivity index is 2.24. The maximum absolute atomic E-state index is 12.3. The molecule has 1 N–H and O–H groups in total. The van der Waals surface area contributed by atoms with E-state index in [1.165, 1.54) is 5.56 Å². The monoisotopic (exact) mass is 261 g/mol. The zero-order chi connectivity index (χ0) is 13.7. The first-order valence-corrected chi connectivity index (χ1v) is 7.16. The largest absolute Gasteiger partial charge is 0.466 e. The summed E-state index contributed by atoms with van der Waals surface area (Å²) in [6.45, 7) is 6.37. The summed E-state index contributed by atoms with van der Waals surface area (Å²) in [5.74, 6) is 0.212. The van der Waals surface area contributed by atoms with Crippen LogP contribution in [-0.4, -0.2) is 25.7 Å². The van der Waals surface area contributed by atoms with Crippen molar-refractivity contribution in [1.82, 2.24) is 5.32 Å². The van der Waals surface area contributed by atoms with Crippen LogP contribution in [0.5, 0.6) is 0 Å². The number of rotatable bonds is 4. The normalized spacial score (nSPS) is 18.0. The van der Waals surface area contributed by atoms with Crippen LogP contribution in [0.1, 0.15) is 36.8 Å². The van der Waals surface area contributed by atoms with Crippen molar-refractivity contribution in [3.63, 3.8) is 0 Å². The van der Waals surface area contributed by atoms with Gasteiger partial charge in [-0.1, -0.05) is 29.8 Å². The molecule has 0 aliphatic carbocycles. The van der Waals surface area contributed by atoms with Gasteiger partial charge in [0.05, 0.1) is 12.5 Å². The van der Waals surface area contributed by atoms with Gasteiger partial charge in [0.15, 0.2) is 0 Å². The topological polar surface area (TPSA) is 38.3 Å². The molecule has 1 unspecified atom stereocenters. The Hall–Kier alpha value is -1.35. The molecule has 1 aliphatic heterocycles. The summed E-state index contributed by atoms with van der Waals surface area (Å²) < 4.78 is 5.29. The fourth-order valence-electron chi connectivity index (χ4n) is 2.87. The van der Waals surface area contributed by atoms with Gasteiger partial charge in [0.25, 0.3) is 0 Å². The molecule has 0 spiro atoms. The summed E-state index contributed by atoms with van der Waals surface area (Å²) in [5, 5.41) is 3.35. The van der Waals surface area contributed by atoms with Gasteiger partial charge in [-0.25, -0.2) is 0 Å². The Morgan fingerprint density at radius 1 is 1.42 bits per heavy atom. The van der Waals surface area contributed by atoms with E-state index in [1.807, 2.05) is 13.0 Å². The molecule has 19 heavy (non-hydrogen) atoms. The third kappa shape index (κ3) is 3.57. The average Bonchev–Trinajstić information content (AvgIpc) is 2.40. The van der Waals surface area contributed by atoms with E-state index in [4.69, 9.17) is 4.74 Å². The molecule has 0 amide bonds. The molecular formula is C16H23NO2. The molecule has 1 aromatic rings. The van der Waals surface area contributed by atoms with Crippen molar-refractivity contribution >= 4 is 5.97 Å². The number of hydrogen-bond acceptors (Lipinski definition) is 3. The predicted molar refractivity (Wildman–Crippen MR) is 76.1 cm³/mol. The van der Waals surface area contributed by atoms with Crippen molar-refractivity contribution in [2.24, 2.45) is 5.92 Å². The van der Waals surface area contributed by atoms with Crippen LogP contribution in [0.4, 0.5) is 0 Å². The number of hydrogen-bond donors (Lipinski definition) is 1. The van der Waals surface area contributed by atoms with Gasteiger partial charge < -0.3 is 10.1 Å². The molecule has 1 heterocycles. The number of piperidine rings is 1. The van der Waals surface area contributed by atoms with E-state index >= 15 is 0 Å². The SMILES string of the molecule is CCOC(=O)C(c1cccc(C)c1)C1CCNCC1. The first-order valence-electron chi connectivity index (χ1n) is 7.16. The molecule has 1 fully saturated rings. The summed E-state index contributed by atoms with van der Waals surface area (Å²) in [4.78, 5) is 12.3. The summed E-state index contributed by atoms with van der Waals surface area (Å²) >= 11 is 0. The number of aryl methyl sites for hydroxylation is 1. The van der Waals surface area contributed by atoms with Crippen LogP contribution in [0.2, 0.25) is 0 Å². The summed E-state index contributed by atoms with van der Waals surface area (Å²) in [5.41, 5.74) is 2.30. The molecule has 1 saturated heterocycles. The van der Waals surface area contributed by atoms with Crippen LogP contribution in [0, 0.1) is 12.8 Å². The minimum atomic E-state index is -0.109. The molecule has 1 aliphatic rings. The lowest BCUT2D eigenvalue weighted by atomic mass is 9.80. The van der Waals surface area contributed by atoms with Crippen LogP contribution >= 0.6 is 0 Å². The highest BCUT2D eigenvalue weighted by atomic mass is 16.5. The van der Waals surface area contributed by atoms with Crippen LogP contribution in [0.15, 0.2) is 24.3 Å². The zero-order valence-electron chi connectivity index (χ0n) is 11.8. The van der Waals surface area contributed by atoms with Gasteiger partial charge in [0.2, 0.25) is 0 Å². The number of carbonyl (C=O) groups excluding carboxylic acids is 1. The molecule has 1 atom stereocenters. The molecule has 0 bridgehead atoms. The molecule has 0 aromatic heterocycles. The van der Waals surface area contributed by atoms with Gasteiger partial charge in [-0.3, -0.25) is 4.79 Å². The minimum Gasteiger partial charge on any atom is -0.466 e. The van der Waals surface area contributed by atoms with Crippen LogP contribution in [0.3, 0.4) is 0 Å². The second kappa shape index (κ2) is 6.71. The van der Waals surface area contributed by atoms with Crippen molar-refractivity contribution in [2.75, 3.05) is 19.7 Å². The first kappa shape index (κ1) is 14.1. The lowest BCUT2D eigenvalue weighted by Crippen LogP contribution is -2.34. The van der Waals surface area contributed by atoms with Gasteiger partial charge in [-0.15, -0.1) is 0 Å². The van der Waals surface area contributed by atoms with E-state index < -0.39 is 0 Å². The Morgan fingerprint density at radius 3 is 2.79 bits per heavy atom. The van der Waals surface area contributed by atoms with Crippen molar-refractivity contribution in [1.29, 1.82) is 0 Å². The highest BCUT2D eigenvalue weighted by Crippen LogP contribution is 2.32. The molecule has 2 rings (SSSR count). The maximum atomic E-state index is 12.3. The van der Waals surface area contributed by atoms with Crippen LogP contribution in [-0.2, 0) is 9.53 Å². The van der Waals surface area contributed by atoms with E-state index in [0.717, 1.165) is 31.5 Å². The maximum Gasteiger partial charge on any atom is 0.313 e. The fourth-order valence-corrected chi connectivity index (χ4v) is 2.87. The molecule has 0 saturated carbocycles. The summed E-state index contributed by atoms with van der Waals surface area (Å²) in [6.07, 6.45) is 2.08. The molecule has 1 aromatic carbocycles. The fraction of sp³-hybridized carbons (Fsp3) is 0.562. The highest BCUT2D eigenvalue weighted by Gasteiger charge is 2.31. The van der Waals surface area contributed by atoms with E-state index in [-0.39, 0.29) is 11.9 Å². The van der Waals surface area contributed by atoms with Crippen molar-refractivity contribution < 1.29 is 9.53 Å². The number of esters is 1. The van der Waals surface area contributed by atoms with Crippen LogP contribution in [0.25, 0.3) is 0 Å².